The van der Waals surface area contributed by atoms with Crippen LogP contribution in [0.15, 0.2) is 30.3 Å². The van der Waals surface area contributed by atoms with Crippen molar-refractivity contribution < 1.29 is 33.8 Å². The fraction of sp³-hybridized carbons (Fsp3) is 0.609. The maximum Gasteiger partial charge on any atom is 0.328 e. The lowest BCUT2D eigenvalue weighted by Gasteiger charge is -2.28. The molecule has 3 atom stereocenters. The molecule has 1 heterocycles. The van der Waals surface area contributed by atoms with E-state index < -0.39 is 35.2 Å². The number of likely N-dealkylation sites (tertiary alicyclic amines) is 1. The van der Waals surface area contributed by atoms with Crippen molar-refractivity contribution in [3.63, 3.8) is 0 Å². The monoisotopic (exact) mass is 479 g/mol. The van der Waals surface area contributed by atoms with E-state index in [2.05, 4.69) is 10.2 Å². The van der Waals surface area contributed by atoms with Gasteiger partial charge in [-0.05, 0) is 45.1 Å². The van der Waals surface area contributed by atoms with Crippen LogP contribution < -0.4 is 5.32 Å². The van der Waals surface area contributed by atoms with Crippen LogP contribution in [0.25, 0.3) is 0 Å². The van der Waals surface area contributed by atoms with Gasteiger partial charge in [-0.1, -0.05) is 30.3 Å². The fourth-order valence-electron chi connectivity index (χ4n) is 3.83. The van der Waals surface area contributed by atoms with E-state index in [9.17, 15) is 24.5 Å². The van der Waals surface area contributed by atoms with E-state index in [1.54, 1.807) is 13.8 Å². The molecule has 0 aliphatic carbocycles. The molecular formula is C23H33N3O8. The molecule has 1 aromatic carbocycles. The smallest absolute Gasteiger partial charge is 0.328 e. The van der Waals surface area contributed by atoms with Crippen LogP contribution in [-0.2, 0) is 35.1 Å². The lowest BCUT2D eigenvalue weighted by molar-refractivity contribution is -0.757. The van der Waals surface area contributed by atoms with Crippen molar-refractivity contribution in [2.24, 2.45) is 0 Å². The molecule has 0 bridgehead atoms. The van der Waals surface area contributed by atoms with E-state index in [1.165, 1.54) is 4.90 Å². The van der Waals surface area contributed by atoms with Crippen molar-refractivity contribution in [2.45, 2.75) is 64.1 Å². The number of aryl methyl sites for hydroxylation is 1. The van der Waals surface area contributed by atoms with Gasteiger partial charge in [-0.2, -0.15) is 0 Å². The number of benzene rings is 1. The first-order valence-corrected chi connectivity index (χ1v) is 11.5. The summed E-state index contributed by atoms with van der Waals surface area (Å²) in [7, 11) is 0. The standard InChI is InChI=1S/C23H33N3O8/c1-3-32-22(28)19(13-12-18-9-5-4-6-10-18)24-17(2)21(27)25-14-7-11-20(25)23(29)33-15-8-16-34-26(30)31/h4-6,9-10,17,19-20,24H,3,7-8,11-16H2,1-2H3. The minimum atomic E-state index is -0.906. The van der Waals surface area contributed by atoms with Crippen LogP contribution in [0.5, 0.6) is 0 Å². The van der Waals surface area contributed by atoms with Crippen LogP contribution in [-0.4, -0.2) is 72.3 Å². The average Bonchev–Trinajstić information content (AvgIpc) is 3.31. The van der Waals surface area contributed by atoms with Crippen molar-refractivity contribution >= 4 is 17.8 Å². The topological polar surface area (TPSA) is 137 Å². The number of hydrogen-bond donors (Lipinski definition) is 1. The summed E-state index contributed by atoms with van der Waals surface area (Å²) in [5, 5.41) is 12.3. The van der Waals surface area contributed by atoms with Gasteiger partial charge in [0.05, 0.1) is 25.9 Å². The molecular weight excluding hydrogens is 446 g/mol. The predicted octanol–water partition coefficient (Wildman–Crippen LogP) is 1.66. The van der Waals surface area contributed by atoms with Crippen LogP contribution in [0.4, 0.5) is 0 Å². The molecule has 1 amide bonds. The molecule has 3 unspecified atom stereocenters. The van der Waals surface area contributed by atoms with Crippen LogP contribution >= 0.6 is 0 Å². The molecule has 11 nitrogen and oxygen atoms in total. The maximum atomic E-state index is 13.1. The molecule has 2 rings (SSSR count). The van der Waals surface area contributed by atoms with Gasteiger partial charge >= 0.3 is 11.9 Å². The molecule has 0 radical (unpaired) electrons. The Kier molecular flexibility index (Phi) is 11.2. The molecule has 1 saturated heterocycles. The molecule has 1 N–H and O–H groups in total. The zero-order valence-electron chi connectivity index (χ0n) is 19.6. The lowest BCUT2D eigenvalue weighted by atomic mass is 10.0. The Bertz CT molecular complexity index is 820. The third-order valence-corrected chi connectivity index (χ3v) is 5.49. The number of hydrogen-bond acceptors (Lipinski definition) is 9. The van der Waals surface area contributed by atoms with Crippen LogP contribution in [0.1, 0.15) is 45.1 Å². The largest absolute Gasteiger partial charge is 0.465 e. The highest BCUT2D eigenvalue weighted by Gasteiger charge is 2.38. The molecule has 1 aliphatic rings. The fourth-order valence-corrected chi connectivity index (χ4v) is 3.83. The van der Waals surface area contributed by atoms with Gasteiger partial charge in [0, 0.05) is 13.0 Å². The van der Waals surface area contributed by atoms with E-state index in [1.807, 2.05) is 30.3 Å². The van der Waals surface area contributed by atoms with Crippen molar-refractivity contribution in [1.82, 2.24) is 10.2 Å². The van der Waals surface area contributed by atoms with Crippen molar-refractivity contribution in [3.8, 4) is 0 Å². The quantitative estimate of drug-likeness (QED) is 0.183. The number of amides is 1. The average molecular weight is 480 g/mol. The summed E-state index contributed by atoms with van der Waals surface area (Å²) in [4.78, 5) is 53.9. The zero-order valence-corrected chi connectivity index (χ0v) is 19.6. The van der Waals surface area contributed by atoms with Gasteiger partial charge in [0.1, 0.15) is 12.1 Å². The highest BCUT2D eigenvalue weighted by molar-refractivity contribution is 5.88. The predicted molar refractivity (Wildman–Crippen MR) is 121 cm³/mol. The van der Waals surface area contributed by atoms with Gasteiger partial charge in [0.15, 0.2) is 0 Å². The van der Waals surface area contributed by atoms with Gasteiger partial charge in [-0.3, -0.25) is 14.9 Å². The van der Waals surface area contributed by atoms with E-state index in [-0.39, 0.29) is 32.1 Å². The van der Waals surface area contributed by atoms with Gasteiger partial charge in [-0.25, -0.2) is 4.79 Å². The Labute approximate surface area is 198 Å². The number of ether oxygens (including phenoxy) is 2. The summed E-state index contributed by atoms with van der Waals surface area (Å²) < 4.78 is 10.4. The Hall–Kier alpha value is -3.21. The Morgan fingerprint density at radius 1 is 1.21 bits per heavy atom. The van der Waals surface area contributed by atoms with E-state index in [4.69, 9.17) is 9.47 Å². The van der Waals surface area contributed by atoms with Crippen molar-refractivity contribution in [1.29, 1.82) is 0 Å². The second kappa shape index (κ2) is 14.1. The number of nitrogens with zero attached hydrogens (tertiary/aromatic N) is 2. The third kappa shape index (κ3) is 8.62. The molecule has 1 aliphatic heterocycles. The second-order valence-corrected chi connectivity index (χ2v) is 7.98. The molecule has 34 heavy (non-hydrogen) atoms. The molecule has 0 aromatic heterocycles. The highest BCUT2D eigenvalue weighted by atomic mass is 16.9. The van der Waals surface area contributed by atoms with Crippen molar-refractivity contribution in [3.05, 3.63) is 46.0 Å². The number of esters is 2. The molecule has 11 heteroatoms. The summed E-state index contributed by atoms with van der Waals surface area (Å²) in [6.45, 7) is 3.81. The van der Waals surface area contributed by atoms with E-state index in [0.717, 1.165) is 5.56 Å². The van der Waals surface area contributed by atoms with Crippen LogP contribution in [0, 0.1) is 10.1 Å². The summed E-state index contributed by atoms with van der Waals surface area (Å²) in [6.07, 6.45) is 2.39. The van der Waals surface area contributed by atoms with Crippen LogP contribution in [0.3, 0.4) is 0 Å². The first kappa shape index (κ1) is 27.0. The van der Waals surface area contributed by atoms with E-state index in [0.29, 0.717) is 32.2 Å². The summed E-state index contributed by atoms with van der Waals surface area (Å²) in [5.74, 6) is -1.28. The highest BCUT2D eigenvalue weighted by Crippen LogP contribution is 2.20. The van der Waals surface area contributed by atoms with Gasteiger partial charge in [0.25, 0.3) is 5.09 Å². The minimum absolute atomic E-state index is 0.0383. The molecule has 1 fully saturated rings. The Balaban J connectivity index is 1.92. The SMILES string of the molecule is CCOC(=O)C(CCc1ccccc1)NC(C)C(=O)N1CCCC1C(=O)OCCCO[N+](=O)[O-]. The molecule has 188 valence electrons. The Morgan fingerprint density at radius 3 is 2.62 bits per heavy atom. The maximum absolute atomic E-state index is 13.1. The molecule has 0 spiro atoms. The second-order valence-electron chi connectivity index (χ2n) is 7.98. The van der Waals surface area contributed by atoms with Crippen LogP contribution in [0.2, 0.25) is 0 Å². The number of nitrogens with one attached hydrogen (secondary N) is 1. The normalized spacial score (nSPS) is 17.0. The van der Waals surface area contributed by atoms with Crippen molar-refractivity contribution in [2.75, 3.05) is 26.4 Å². The summed E-state index contributed by atoms with van der Waals surface area (Å²) in [5.41, 5.74) is 1.07. The summed E-state index contributed by atoms with van der Waals surface area (Å²) >= 11 is 0. The number of carbonyl (C=O) groups is 3. The summed E-state index contributed by atoms with van der Waals surface area (Å²) in [6, 6.07) is 7.61. The van der Waals surface area contributed by atoms with E-state index >= 15 is 0 Å². The minimum Gasteiger partial charge on any atom is -0.465 e. The first-order chi connectivity index (χ1) is 16.3. The van der Waals surface area contributed by atoms with Gasteiger partial charge < -0.3 is 19.2 Å². The molecule has 0 saturated carbocycles. The third-order valence-electron chi connectivity index (χ3n) is 5.49. The Morgan fingerprint density at radius 2 is 1.94 bits per heavy atom. The van der Waals surface area contributed by atoms with Gasteiger partial charge in [0.2, 0.25) is 5.91 Å². The van der Waals surface area contributed by atoms with Gasteiger partial charge in [-0.15, -0.1) is 10.1 Å². The first-order valence-electron chi connectivity index (χ1n) is 11.5. The lowest BCUT2D eigenvalue weighted by Crippen LogP contribution is -2.53. The molecule has 1 aromatic rings. The zero-order chi connectivity index (χ0) is 24.9. The number of rotatable bonds is 14. The number of carbonyl (C=O) groups excluding carboxylic acids is 3.